The Morgan fingerprint density at radius 1 is 1.03 bits per heavy atom. The molecule has 3 aromatic heterocycles. The Morgan fingerprint density at radius 3 is 2.74 bits per heavy atom. The van der Waals surface area contributed by atoms with Gasteiger partial charge in [0.15, 0.2) is 11.0 Å². The lowest BCUT2D eigenvalue weighted by Gasteiger charge is -2.13. The normalized spacial score (nSPS) is 10.9. The summed E-state index contributed by atoms with van der Waals surface area (Å²) >= 11 is 1.57. The van der Waals surface area contributed by atoms with Crippen LogP contribution in [-0.4, -0.2) is 25.7 Å². The summed E-state index contributed by atoms with van der Waals surface area (Å²) in [5.74, 6) is 1.94. The second-order valence-corrected chi connectivity index (χ2v) is 8.86. The Labute approximate surface area is 207 Å². The van der Waals surface area contributed by atoms with Crippen molar-refractivity contribution >= 4 is 17.7 Å². The molecule has 8 heteroatoms. The third kappa shape index (κ3) is 5.17. The lowest BCUT2D eigenvalue weighted by Crippen LogP contribution is -2.22. The molecule has 3 heterocycles. The number of thioether (sulfide) groups is 1. The molecule has 0 unspecified atom stereocenters. The second kappa shape index (κ2) is 10.4. The number of rotatable bonds is 8. The van der Waals surface area contributed by atoms with Gasteiger partial charge in [-0.1, -0.05) is 42.1 Å². The number of aryl methyl sites for hydroxylation is 1. The molecule has 0 saturated carbocycles. The number of benzene rings is 2. The Hall–Kier alpha value is -4.17. The zero-order valence-corrected chi connectivity index (χ0v) is 19.9. The lowest BCUT2D eigenvalue weighted by atomic mass is 10.1. The first-order valence-electron chi connectivity index (χ1n) is 11.1. The summed E-state index contributed by atoms with van der Waals surface area (Å²) in [7, 11) is 0. The highest BCUT2D eigenvalue weighted by Gasteiger charge is 2.18. The van der Waals surface area contributed by atoms with Gasteiger partial charge in [0, 0.05) is 29.3 Å². The van der Waals surface area contributed by atoms with Crippen molar-refractivity contribution in [3.63, 3.8) is 0 Å². The first-order chi connectivity index (χ1) is 17.2. The zero-order chi connectivity index (χ0) is 24.0. The molecule has 5 rings (SSSR count). The summed E-state index contributed by atoms with van der Waals surface area (Å²) < 4.78 is 7.35. The van der Waals surface area contributed by atoms with Crippen molar-refractivity contribution in [2.75, 3.05) is 0 Å². The number of aromatic nitrogens is 4. The molecule has 0 fully saturated rings. The van der Waals surface area contributed by atoms with Gasteiger partial charge in [0.25, 0.3) is 5.91 Å². The maximum Gasteiger partial charge on any atom is 0.251 e. The van der Waals surface area contributed by atoms with E-state index in [1.165, 1.54) is 0 Å². The number of pyridine rings is 1. The molecule has 0 aliphatic carbocycles. The number of hydrogen-bond acceptors (Lipinski definition) is 6. The van der Waals surface area contributed by atoms with E-state index in [0.717, 1.165) is 33.4 Å². The number of para-hydroxylation sites is 1. The van der Waals surface area contributed by atoms with Crippen molar-refractivity contribution in [2.24, 2.45) is 0 Å². The van der Waals surface area contributed by atoms with Gasteiger partial charge in [0.05, 0.1) is 18.5 Å². The number of furan rings is 1. The van der Waals surface area contributed by atoms with Gasteiger partial charge in [-0.15, -0.1) is 10.2 Å². The van der Waals surface area contributed by atoms with Crippen LogP contribution in [0.3, 0.4) is 0 Å². The van der Waals surface area contributed by atoms with E-state index in [4.69, 9.17) is 4.42 Å². The van der Waals surface area contributed by atoms with Crippen molar-refractivity contribution in [2.45, 2.75) is 24.4 Å². The van der Waals surface area contributed by atoms with Gasteiger partial charge in [-0.2, -0.15) is 0 Å². The van der Waals surface area contributed by atoms with Crippen molar-refractivity contribution < 1.29 is 9.21 Å². The standard InChI is InChI=1S/C27H23N5O2S/c1-19-7-2-3-12-24(19)32-25(22-10-5-13-28-16-22)30-31-27(32)35-18-20-8-4-9-21(15-20)26(33)29-17-23-11-6-14-34-23/h2-16H,17-18H2,1H3,(H,29,33). The summed E-state index contributed by atoms with van der Waals surface area (Å²) in [5, 5.41) is 12.6. The molecular weight excluding hydrogens is 458 g/mol. The van der Waals surface area contributed by atoms with E-state index < -0.39 is 0 Å². The molecule has 174 valence electrons. The van der Waals surface area contributed by atoms with E-state index in [1.54, 1.807) is 36.5 Å². The van der Waals surface area contributed by atoms with Gasteiger partial charge in [-0.25, -0.2) is 0 Å². The number of hydrogen-bond donors (Lipinski definition) is 1. The van der Waals surface area contributed by atoms with Gasteiger partial charge in [0.2, 0.25) is 0 Å². The highest BCUT2D eigenvalue weighted by atomic mass is 32.2. The van der Waals surface area contributed by atoms with Crippen LogP contribution >= 0.6 is 11.8 Å². The van der Waals surface area contributed by atoms with E-state index in [1.807, 2.05) is 54.6 Å². The third-order valence-corrected chi connectivity index (χ3v) is 6.47. The fraction of sp³-hybridized carbons (Fsp3) is 0.111. The van der Waals surface area contributed by atoms with E-state index in [0.29, 0.717) is 23.6 Å². The third-order valence-electron chi connectivity index (χ3n) is 5.47. The van der Waals surface area contributed by atoms with E-state index in [2.05, 4.69) is 44.1 Å². The molecule has 2 aromatic carbocycles. The molecule has 0 atom stereocenters. The monoisotopic (exact) mass is 481 g/mol. The maximum absolute atomic E-state index is 12.6. The Kier molecular flexibility index (Phi) is 6.72. The second-order valence-electron chi connectivity index (χ2n) is 7.92. The average Bonchev–Trinajstić information content (AvgIpc) is 3.57. The lowest BCUT2D eigenvalue weighted by molar-refractivity contribution is 0.0948. The molecule has 0 aliphatic rings. The van der Waals surface area contributed by atoms with Crippen LogP contribution < -0.4 is 5.32 Å². The number of amides is 1. The maximum atomic E-state index is 12.6. The van der Waals surface area contributed by atoms with Crippen LogP contribution in [0.25, 0.3) is 17.1 Å². The first kappa shape index (κ1) is 22.6. The number of carbonyl (C=O) groups is 1. The smallest absolute Gasteiger partial charge is 0.251 e. The zero-order valence-electron chi connectivity index (χ0n) is 19.1. The molecule has 35 heavy (non-hydrogen) atoms. The Morgan fingerprint density at radius 2 is 1.94 bits per heavy atom. The van der Waals surface area contributed by atoms with Gasteiger partial charge < -0.3 is 9.73 Å². The summed E-state index contributed by atoms with van der Waals surface area (Å²) in [6.07, 6.45) is 5.12. The van der Waals surface area contributed by atoms with Crippen LogP contribution in [-0.2, 0) is 12.3 Å². The molecule has 0 saturated heterocycles. The minimum atomic E-state index is -0.143. The van der Waals surface area contributed by atoms with Crippen molar-refractivity contribution in [3.8, 4) is 17.1 Å². The van der Waals surface area contributed by atoms with Crippen molar-refractivity contribution in [1.29, 1.82) is 0 Å². The van der Waals surface area contributed by atoms with E-state index in [9.17, 15) is 4.79 Å². The highest BCUT2D eigenvalue weighted by Crippen LogP contribution is 2.30. The van der Waals surface area contributed by atoms with Crippen molar-refractivity contribution in [1.82, 2.24) is 25.1 Å². The highest BCUT2D eigenvalue weighted by molar-refractivity contribution is 7.98. The molecule has 0 spiro atoms. The molecule has 0 radical (unpaired) electrons. The molecule has 5 aromatic rings. The predicted octanol–water partition coefficient (Wildman–Crippen LogP) is 5.45. The molecule has 7 nitrogen and oxygen atoms in total. The minimum absolute atomic E-state index is 0.143. The van der Waals surface area contributed by atoms with Crippen LogP contribution in [0, 0.1) is 6.92 Å². The number of nitrogens with one attached hydrogen (secondary N) is 1. The van der Waals surface area contributed by atoms with E-state index in [-0.39, 0.29) is 5.91 Å². The average molecular weight is 482 g/mol. The largest absolute Gasteiger partial charge is 0.467 e. The summed E-state index contributed by atoms with van der Waals surface area (Å²) in [6, 6.07) is 23.3. The van der Waals surface area contributed by atoms with Crippen LogP contribution in [0.4, 0.5) is 0 Å². The molecule has 1 amide bonds. The van der Waals surface area contributed by atoms with Crippen molar-refractivity contribution in [3.05, 3.63) is 114 Å². The SMILES string of the molecule is Cc1ccccc1-n1c(SCc2cccc(C(=O)NCc3ccco3)c2)nnc1-c1cccnc1. The van der Waals surface area contributed by atoms with E-state index >= 15 is 0 Å². The minimum Gasteiger partial charge on any atom is -0.467 e. The molecule has 0 aliphatic heterocycles. The molecule has 0 bridgehead atoms. The fourth-order valence-electron chi connectivity index (χ4n) is 3.71. The van der Waals surface area contributed by atoms with Crippen LogP contribution in [0.5, 0.6) is 0 Å². The molecular formula is C27H23N5O2S. The van der Waals surface area contributed by atoms with Crippen LogP contribution in [0.2, 0.25) is 0 Å². The summed E-state index contributed by atoms with van der Waals surface area (Å²) in [4.78, 5) is 16.9. The Bertz CT molecular complexity index is 1430. The number of carbonyl (C=O) groups excluding carboxylic acids is 1. The Balaban J connectivity index is 1.37. The number of nitrogens with zero attached hydrogens (tertiary/aromatic N) is 4. The summed E-state index contributed by atoms with van der Waals surface area (Å²) in [6.45, 7) is 2.42. The fourth-order valence-corrected chi connectivity index (χ4v) is 4.60. The van der Waals surface area contributed by atoms with Crippen LogP contribution in [0.1, 0.15) is 27.2 Å². The first-order valence-corrected chi connectivity index (χ1v) is 12.1. The van der Waals surface area contributed by atoms with Gasteiger partial charge in [-0.05, 0) is 60.5 Å². The molecule has 1 N–H and O–H groups in total. The van der Waals surface area contributed by atoms with Crippen LogP contribution in [0.15, 0.2) is 101 Å². The predicted molar refractivity (Wildman–Crippen MR) is 135 cm³/mol. The summed E-state index contributed by atoms with van der Waals surface area (Å²) in [5.41, 5.74) is 4.65. The quantitative estimate of drug-likeness (QED) is 0.297. The van der Waals surface area contributed by atoms with Gasteiger partial charge >= 0.3 is 0 Å². The van der Waals surface area contributed by atoms with Gasteiger partial charge in [0.1, 0.15) is 5.76 Å². The topological polar surface area (TPSA) is 85.8 Å². The van der Waals surface area contributed by atoms with Gasteiger partial charge in [-0.3, -0.25) is 14.3 Å².